The Hall–Kier alpha value is -2.33. The molecule has 1 saturated heterocycles. The third-order valence-electron chi connectivity index (χ3n) is 4.67. The van der Waals surface area contributed by atoms with E-state index in [4.69, 9.17) is 5.11 Å². The Balaban J connectivity index is 1.77. The smallest absolute Gasteiger partial charge is 0.407 e. The summed E-state index contributed by atoms with van der Waals surface area (Å²) < 4.78 is 0. The molecule has 1 aliphatic heterocycles. The van der Waals surface area contributed by atoms with Gasteiger partial charge in [-0.25, -0.2) is 4.79 Å². The van der Waals surface area contributed by atoms with Gasteiger partial charge >= 0.3 is 6.09 Å². The van der Waals surface area contributed by atoms with Gasteiger partial charge in [0, 0.05) is 13.1 Å². The molecule has 120 valence electrons. The standard InChI is InChI=1S/C19H21NO3/c1-14-2-4-15(5-3-14)16-6-8-17(9-7-16)19(23)10-12-20(13-11-19)18(21)22/h2-9,23H,10-13H2,1H3,(H,21,22). The number of aryl methyl sites for hydroxylation is 1. The van der Waals surface area contributed by atoms with E-state index >= 15 is 0 Å². The van der Waals surface area contributed by atoms with Gasteiger partial charge < -0.3 is 15.1 Å². The molecule has 0 saturated carbocycles. The largest absolute Gasteiger partial charge is 0.465 e. The van der Waals surface area contributed by atoms with Crippen molar-refractivity contribution in [3.63, 3.8) is 0 Å². The maximum atomic E-state index is 11.0. The second-order valence-corrected chi connectivity index (χ2v) is 6.24. The Morgan fingerprint density at radius 1 is 0.957 bits per heavy atom. The predicted molar refractivity (Wildman–Crippen MR) is 89.3 cm³/mol. The molecule has 1 amide bonds. The van der Waals surface area contributed by atoms with E-state index < -0.39 is 11.7 Å². The molecular weight excluding hydrogens is 290 g/mol. The van der Waals surface area contributed by atoms with Crippen LogP contribution in [-0.4, -0.2) is 34.3 Å². The van der Waals surface area contributed by atoms with Crippen LogP contribution in [0.25, 0.3) is 11.1 Å². The van der Waals surface area contributed by atoms with Gasteiger partial charge in [0.25, 0.3) is 0 Å². The molecule has 0 aromatic heterocycles. The summed E-state index contributed by atoms with van der Waals surface area (Å²) in [4.78, 5) is 12.3. The zero-order valence-electron chi connectivity index (χ0n) is 13.2. The van der Waals surface area contributed by atoms with Crippen LogP contribution < -0.4 is 0 Å². The van der Waals surface area contributed by atoms with Crippen molar-refractivity contribution in [1.29, 1.82) is 0 Å². The third kappa shape index (κ3) is 3.22. The summed E-state index contributed by atoms with van der Waals surface area (Å²) in [6.07, 6.45) is -0.0476. The summed E-state index contributed by atoms with van der Waals surface area (Å²) in [5, 5.41) is 19.8. The zero-order valence-corrected chi connectivity index (χ0v) is 13.2. The van der Waals surface area contributed by atoms with Crippen molar-refractivity contribution in [2.24, 2.45) is 0 Å². The van der Waals surface area contributed by atoms with Crippen LogP contribution in [0.3, 0.4) is 0 Å². The molecule has 0 atom stereocenters. The number of likely N-dealkylation sites (tertiary alicyclic amines) is 1. The van der Waals surface area contributed by atoms with Gasteiger partial charge in [0.1, 0.15) is 0 Å². The minimum atomic E-state index is -0.933. The van der Waals surface area contributed by atoms with Crippen LogP contribution in [0.15, 0.2) is 48.5 Å². The summed E-state index contributed by atoms with van der Waals surface area (Å²) in [7, 11) is 0. The summed E-state index contributed by atoms with van der Waals surface area (Å²) in [6, 6.07) is 16.3. The van der Waals surface area contributed by atoms with E-state index in [1.54, 1.807) is 0 Å². The second-order valence-electron chi connectivity index (χ2n) is 6.24. The molecule has 1 heterocycles. The molecule has 1 aliphatic rings. The molecule has 0 bridgehead atoms. The zero-order chi connectivity index (χ0) is 16.4. The van der Waals surface area contributed by atoms with E-state index in [9.17, 15) is 9.90 Å². The number of piperidine rings is 1. The van der Waals surface area contributed by atoms with Gasteiger partial charge in [-0.05, 0) is 36.5 Å². The fraction of sp³-hybridized carbons (Fsp3) is 0.316. The van der Waals surface area contributed by atoms with Crippen molar-refractivity contribution >= 4 is 6.09 Å². The van der Waals surface area contributed by atoms with Crippen LogP contribution in [0, 0.1) is 6.92 Å². The highest BCUT2D eigenvalue weighted by molar-refractivity contribution is 5.65. The topological polar surface area (TPSA) is 60.8 Å². The van der Waals surface area contributed by atoms with Crippen LogP contribution in [-0.2, 0) is 5.60 Å². The molecule has 23 heavy (non-hydrogen) atoms. The molecule has 0 radical (unpaired) electrons. The summed E-state index contributed by atoms with van der Waals surface area (Å²) in [5.74, 6) is 0. The maximum absolute atomic E-state index is 11.0. The molecule has 1 fully saturated rings. The molecule has 4 heteroatoms. The number of carbonyl (C=O) groups is 1. The van der Waals surface area contributed by atoms with Crippen molar-refractivity contribution in [2.45, 2.75) is 25.4 Å². The minimum Gasteiger partial charge on any atom is -0.465 e. The molecule has 4 nitrogen and oxygen atoms in total. The average molecular weight is 311 g/mol. The lowest BCUT2D eigenvalue weighted by atomic mass is 9.84. The predicted octanol–water partition coefficient (Wildman–Crippen LogP) is 3.62. The Bertz CT molecular complexity index is 684. The third-order valence-corrected chi connectivity index (χ3v) is 4.67. The monoisotopic (exact) mass is 311 g/mol. The van der Waals surface area contributed by atoms with Gasteiger partial charge in [0.05, 0.1) is 5.60 Å². The number of amides is 1. The first kappa shape index (κ1) is 15.6. The molecule has 2 N–H and O–H groups in total. The number of aliphatic hydroxyl groups is 1. The van der Waals surface area contributed by atoms with Crippen LogP contribution in [0.5, 0.6) is 0 Å². The number of hydrogen-bond acceptors (Lipinski definition) is 2. The van der Waals surface area contributed by atoms with Crippen molar-refractivity contribution in [2.75, 3.05) is 13.1 Å². The summed E-state index contributed by atoms with van der Waals surface area (Å²) in [6.45, 7) is 2.79. The highest BCUT2D eigenvalue weighted by Crippen LogP contribution is 2.34. The molecule has 0 unspecified atom stereocenters. The number of nitrogens with zero attached hydrogens (tertiary/aromatic N) is 1. The Kier molecular flexibility index (Phi) is 4.09. The molecule has 2 aromatic carbocycles. The van der Waals surface area contributed by atoms with Crippen LogP contribution >= 0.6 is 0 Å². The maximum Gasteiger partial charge on any atom is 0.407 e. The second kappa shape index (κ2) is 6.05. The van der Waals surface area contributed by atoms with E-state index in [1.807, 2.05) is 24.3 Å². The Morgan fingerprint density at radius 2 is 1.43 bits per heavy atom. The lowest BCUT2D eigenvalue weighted by molar-refractivity contribution is -0.0213. The minimum absolute atomic E-state index is 0.367. The van der Waals surface area contributed by atoms with Gasteiger partial charge in [-0.15, -0.1) is 0 Å². The molecule has 2 aromatic rings. The lowest BCUT2D eigenvalue weighted by Gasteiger charge is -2.37. The van der Waals surface area contributed by atoms with Crippen LogP contribution in [0.2, 0.25) is 0 Å². The number of rotatable bonds is 2. The first-order valence-electron chi connectivity index (χ1n) is 7.86. The van der Waals surface area contributed by atoms with Crippen LogP contribution in [0.4, 0.5) is 4.79 Å². The van der Waals surface area contributed by atoms with E-state index in [1.165, 1.54) is 10.5 Å². The van der Waals surface area contributed by atoms with Gasteiger partial charge in [-0.2, -0.15) is 0 Å². The highest BCUT2D eigenvalue weighted by atomic mass is 16.4. The number of hydrogen-bond donors (Lipinski definition) is 2. The molecular formula is C19H21NO3. The molecule has 0 aliphatic carbocycles. The van der Waals surface area contributed by atoms with E-state index in [-0.39, 0.29) is 0 Å². The number of benzene rings is 2. The first-order valence-corrected chi connectivity index (χ1v) is 7.86. The summed E-state index contributed by atoms with van der Waals surface area (Å²) in [5.41, 5.74) is 3.41. The lowest BCUT2D eigenvalue weighted by Crippen LogP contribution is -2.44. The Labute approximate surface area is 136 Å². The quantitative estimate of drug-likeness (QED) is 0.890. The summed E-state index contributed by atoms with van der Waals surface area (Å²) >= 11 is 0. The van der Waals surface area contributed by atoms with Gasteiger partial charge in [0.2, 0.25) is 0 Å². The number of carboxylic acid groups (broad SMARTS) is 1. The molecule has 3 rings (SSSR count). The van der Waals surface area contributed by atoms with Gasteiger partial charge in [-0.3, -0.25) is 0 Å². The van der Waals surface area contributed by atoms with Crippen molar-refractivity contribution in [3.05, 3.63) is 59.7 Å². The van der Waals surface area contributed by atoms with Crippen molar-refractivity contribution in [1.82, 2.24) is 4.90 Å². The average Bonchev–Trinajstić information content (AvgIpc) is 2.56. The fourth-order valence-corrected chi connectivity index (χ4v) is 3.08. The molecule has 0 spiro atoms. The van der Waals surface area contributed by atoms with E-state index in [0.29, 0.717) is 25.9 Å². The normalized spacial score (nSPS) is 17.0. The SMILES string of the molecule is Cc1ccc(-c2ccc(C3(O)CCN(C(=O)O)CC3)cc2)cc1. The van der Waals surface area contributed by atoms with E-state index in [2.05, 4.69) is 31.2 Å². The van der Waals surface area contributed by atoms with Crippen LogP contribution in [0.1, 0.15) is 24.0 Å². The van der Waals surface area contributed by atoms with Gasteiger partial charge in [0.15, 0.2) is 0 Å². The Morgan fingerprint density at radius 3 is 1.91 bits per heavy atom. The fourth-order valence-electron chi connectivity index (χ4n) is 3.08. The first-order chi connectivity index (χ1) is 11.0. The van der Waals surface area contributed by atoms with E-state index in [0.717, 1.165) is 16.7 Å². The van der Waals surface area contributed by atoms with Crippen molar-refractivity contribution in [3.8, 4) is 11.1 Å². The van der Waals surface area contributed by atoms with Gasteiger partial charge in [-0.1, -0.05) is 54.1 Å². The van der Waals surface area contributed by atoms with Crippen molar-refractivity contribution < 1.29 is 15.0 Å². The highest BCUT2D eigenvalue weighted by Gasteiger charge is 2.35.